The maximum atomic E-state index is 13.8. The number of carbonyl (C=O) groups is 1. The van der Waals surface area contributed by atoms with Gasteiger partial charge >= 0.3 is 246 Å². The number of aromatic nitrogens is 2. The van der Waals surface area contributed by atoms with E-state index in [1.165, 1.54) is 12.8 Å². The number of nitrogens with one attached hydrogen (secondary N) is 1. The van der Waals surface area contributed by atoms with E-state index in [1.807, 2.05) is 78.5 Å². The van der Waals surface area contributed by atoms with Gasteiger partial charge in [0.25, 0.3) is 0 Å². The Labute approximate surface area is 245 Å². The van der Waals surface area contributed by atoms with Gasteiger partial charge in [0.2, 0.25) is 0 Å². The van der Waals surface area contributed by atoms with E-state index in [4.69, 9.17) is 9.84 Å². The van der Waals surface area contributed by atoms with Crippen LogP contribution in [0.25, 0.3) is 5.70 Å². The van der Waals surface area contributed by atoms with Crippen LogP contribution in [0.3, 0.4) is 0 Å². The van der Waals surface area contributed by atoms with Crippen molar-refractivity contribution in [3.8, 4) is 17.6 Å². The second-order valence-electron chi connectivity index (χ2n) is 10.5. The first-order valence-electron chi connectivity index (χ1n) is 13.8. The Morgan fingerprint density at radius 3 is 2.77 bits per heavy atom. The molecule has 0 bridgehead atoms. The van der Waals surface area contributed by atoms with Gasteiger partial charge in [0.1, 0.15) is 0 Å². The molecule has 1 fully saturated rings. The molecule has 3 aliphatic rings. The predicted molar refractivity (Wildman–Crippen MR) is 166 cm³/mol. The zero-order valence-electron chi connectivity index (χ0n) is 22.4. The molecule has 0 saturated heterocycles. The summed E-state index contributed by atoms with van der Waals surface area (Å²) in [5.41, 5.74) is 4.76. The molecule has 6 rings (SSSR count). The van der Waals surface area contributed by atoms with Crippen molar-refractivity contribution < 1.29 is 9.53 Å². The number of allylic oxidation sites excluding steroid dienone is 2. The number of aliphatic imine (C=N–C) groups is 1. The third-order valence-electron chi connectivity index (χ3n) is 8.02. The van der Waals surface area contributed by atoms with Crippen molar-refractivity contribution in [2.45, 2.75) is 54.9 Å². The average molecular weight is 646 g/mol. The maximum absolute atomic E-state index is 13.8. The fraction of sp³-hybridized carbons (Fsp3) is 0.312. The van der Waals surface area contributed by atoms with Gasteiger partial charge in [-0.15, -0.1) is 0 Å². The number of para-hydroxylation sites is 1. The van der Waals surface area contributed by atoms with Crippen molar-refractivity contribution in [3.63, 3.8) is 0 Å². The molecule has 3 atom stereocenters. The molecule has 8 heteroatoms. The van der Waals surface area contributed by atoms with E-state index < -0.39 is 21.5 Å². The number of benzene rings is 2. The molecule has 2 unspecified atom stereocenters. The molecular formula is C32H32IN5O2. The molecule has 3 aromatic rings. The van der Waals surface area contributed by atoms with Crippen molar-refractivity contribution in [2.24, 2.45) is 10.9 Å². The van der Waals surface area contributed by atoms with Crippen LogP contribution in [0.5, 0.6) is 11.5 Å². The van der Waals surface area contributed by atoms with E-state index in [9.17, 15) is 10.1 Å². The van der Waals surface area contributed by atoms with Crippen LogP contribution >= 0.6 is 21.5 Å². The molecule has 2 aromatic carbocycles. The van der Waals surface area contributed by atoms with E-state index in [0.717, 1.165) is 46.7 Å². The minimum absolute atomic E-state index is 0.107. The molecule has 0 radical (unpaired) electrons. The zero-order valence-corrected chi connectivity index (χ0v) is 24.7. The summed E-state index contributed by atoms with van der Waals surface area (Å²) in [5, 5.41) is 14.1. The van der Waals surface area contributed by atoms with Crippen LogP contribution in [-0.2, 0) is 4.79 Å². The summed E-state index contributed by atoms with van der Waals surface area (Å²) in [6.45, 7) is 1.97. The Balaban J connectivity index is 1.20. The van der Waals surface area contributed by atoms with E-state index in [1.54, 1.807) is 6.20 Å². The Bertz CT molecular complexity index is 1530. The van der Waals surface area contributed by atoms with Crippen molar-refractivity contribution in [3.05, 3.63) is 96.0 Å². The topological polar surface area (TPSA) is 92.3 Å². The second kappa shape index (κ2) is 11.8. The van der Waals surface area contributed by atoms with E-state index >= 15 is 0 Å². The first-order valence-corrected chi connectivity index (χ1v) is 16.3. The molecule has 1 N–H and O–H groups in total. The number of rotatable bonds is 9. The van der Waals surface area contributed by atoms with Crippen LogP contribution < -0.4 is 8.27 Å². The third kappa shape index (κ3) is 5.35. The van der Waals surface area contributed by atoms with E-state index in [2.05, 4.69) is 20.8 Å². The van der Waals surface area contributed by atoms with Gasteiger partial charge in [0.15, 0.2) is 0 Å². The number of fused-ring (bicyclic) bond motifs is 1. The van der Waals surface area contributed by atoms with Crippen LogP contribution in [0.1, 0.15) is 62.1 Å². The molecule has 3 heterocycles. The first-order chi connectivity index (χ1) is 19.6. The quantitative estimate of drug-likeness (QED) is 0.154. The zero-order chi connectivity index (χ0) is 27.5. The summed E-state index contributed by atoms with van der Waals surface area (Å²) >= 11 is -0.956. The van der Waals surface area contributed by atoms with Gasteiger partial charge in [-0.3, -0.25) is 0 Å². The molecule has 7 nitrogen and oxygen atoms in total. The Morgan fingerprint density at radius 1 is 1.18 bits per heavy atom. The third-order valence-corrected chi connectivity index (χ3v) is 10.9. The summed E-state index contributed by atoms with van der Waals surface area (Å²) in [7, 11) is 0. The van der Waals surface area contributed by atoms with Crippen LogP contribution in [0, 0.1) is 17.2 Å². The number of ether oxygens (including phenoxy) is 1. The number of hydrogen-bond donors (Lipinski definition) is 1. The van der Waals surface area contributed by atoms with Gasteiger partial charge in [0.05, 0.1) is 0 Å². The Kier molecular flexibility index (Phi) is 7.82. The Hall–Kier alpha value is -3.71. The van der Waals surface area contributed by atoms with Crippen LogP contribution in [-0.4, -0.2) is 25.2 Å². The number of hydrogen-bond acceptors (Lipinski definition) is 6. The van der Waals surface area contributed by atoms with Gasteiger partial charge in [-0.05, 0) is 0 Å². The standard InChI is InChI=1S/C32H32IN5O2/c1-21(23-10-7-13-26(18-23)40-25-11-3-2-4-12-25)32(39)29-31-27(15-17-35-31)30(37-33-29)24-19-36-38(20-24)28(14-16-34)22-8-5-6-9-22/h2-4,7,10-13,15,17-22,28-29,33,37H,5-6,8-9,14H2,1H3/t21?,28-,29?/m1/s1. The molecule has 0 spiro atoms. The van der Waals surface area contributed by atoms with Gasteiger partial charge in [-0.2, -0.15) is 0 Å². The summed E-state index contributed by atoms with van der Waals surface area (Å²) in [6, 6.07) is 19.9. The average Bonchev–Trinajstić information content (AvgIpc) is 3.78. The van der Waals surface area contributed by atoms with Crippen molar-refractivity contribution >= 4 is 38.7 Å². The van der Waals surface area contributed by atoms with Crippen LogP contribution in [0.4, 0.5) is 0 Å². The number of nitrogens with zero attached hydrogens (tertiary/aromatic N) is 4. The van der Waals surface area contributed by atoms with E-state index in [0.29, 0.717) is 18.1 Å². The number of Topliss-reactive ketones (excluding diaryl/α,β-unsaturated/α-hetero) is 1. The predicted octanol–water partition coefficient (Wildman–Crippen LogP) is 6.96. The fourth-order valence-electron chi connectivity index (χ4n) is 5.83. The number of carbonyl (C=O) groups excluding carboxylic acids is 1. The molecule has 1 aromatic heterocycles. The van der Waals surface area contributed by atoms with Crippen molar-refractivity contribution in [1.29, 1.82) is 5.26 Å². The van der Waals surface area contributed by atoms with Gasteiger partial charge in [-0.1, -0.05) is 0 Å². The van der Waals surface area contributed by atoms with Crippen LogP contribution in [0.15, 0.2) is 89.8 Å². The molecular weight excluding hydrogens is 613 g/mol. The fourth-order valence-corrected chi connectivity index (χ4v) is 8.92. The van der Waals surface area contributed by atoms with Crippen molar-refractivity contribution in [2.75, 3.05) is 0 Å². The van der Waals surface area contributed by atoms with E-state index in [-0.39, 0.29) is 21.7 Å². The minimum atomic E-state index is -0.956. The van der Waals surface area contributed by atoms with Crippen molar-refractivity contribution in [1.82, 2.24) is 13.3 Å². The molecule has 2 aliphatic heterocycles. The molecule has 204 valence electrons. The second-order valence-corrected chi connectivity index (χ2v) is 13.1. The summed E-state index contributed by atoms with van der Waals surface area (Å²) in [5.74, 6) is 1.87. The SMILES string of the molecule is CC(C(=O)C1[IH]NC(c2cnn([C@H](CC#N)C3CCCC3)c2)=C2C=CN=C21)c1cccc(Oc2ccccc2)c1. The number of halogens is 1. The Morgan fingerprint density at radius 2 is 1.98 bits per heavy atom. The van der Waals surface area contributed by atoms with Gasteiger partial charge < -0.3 is 0 Å². The molecule has 1 aliphatic carbocycles. The number of alkyl halides is 1. The van der Waals surface area contributed by atoms with Gasteiger partial charge in [-0.25, -0.2) is 0 Å². The summed E-state index contributed by atoms with van der Waals surface area (Å²) < 4.78 is 11.4. The van der Waals surface area contributed by atoms with Crippen LogP contribution in [0.2, 0.25) is 0 Å². The summed E-state index contributed by atoms with van der Waals surface area (Å²) in [4.78, 5) is 18.5. The molecule has 1 saturated carbocycles. The molecule has 40 heavy (non-hydrogen) atoms. The number of ketones is 1. The first kappa shape index (κ1) is 26.5. The normalized spacial score (nSPS) is 20.1. The monoisotopic (exact) mass is 645 g/mol. The molecule has 0 amide bonds. The summed E-state index contributed by atoms with van der Waals surface area (Å²) in [6.07, 6.45) is 13.0. The van der Waals surface area contributed by atoms with Gasteiger partial charge in [0, 0.05) is 0 Å². The number of nitriles is 1.